The summed E-state index contributed by atoms with van der Waals surface area (Å²) in [4.78, 5) is 29.9. The van der Waals surface area contributed by atoms with Gasteiger partial charge in [-0.3, -0.25) is 9.69 Å². The highest BCUT2D eigenvalue weighted by molar-refractivity contribution is 8.01. The van der Waals surface area contributed by atoms with Crippen LogP contribution in [-0.4, -0.2) is 31.3 Å². The summed E-state index contributed by atoms with van der Waals surface area (Å²) in [5.41, 5.74) is 1.63. The quantitative estimate of drug-likeness (QED) is 0.174. The highest BCUT2D eigenvalue weighted by Crippen LogP contribution is 2.43. The van der Waals surface area contributed by atoms with Gasteiger partial charge in [0, 0.05) is 4.90 Å². The number of likely N-dealkylation sites (tertiary alicyclic amines) is 1. The van der Waals surface area contributed by atoms with Crippen molar-refractivity contribution in [1.82, 2.24) is 4.90 Å². The summed E-state index contributed by atoms with van der Waals surface area (Å²) in [5.74, 6) is -0.259. The average molecular weight is 505 g/mol. The van der Waals surface area contributed by atoms with Crippen LogP contribution < -0.4 is 4.31 Å². The van der Waals surface area contributed by atoms with Gasteiger partial charge >= 0.3 is 6.03 Å². The van der Waals surface area contributed by atoms with Crippen LogP contribution in [0.1, 0.15) is 32.4 Å². The smallest absolute Gasteiger partial charge is 0.342 e. The number of urea groups is 1. The lowest BCUT2D eigenvalue weighted by molar-refractivity contribution is -0.157. The predicted molar refractivity (Wildman–Crippen MR) is 145 cm³/mol. The molecular formula is C28H32N2O3SSi. The zero-order valence-electron chi connectivity index (χ0n) is 20.5. The van der Waals surface area contributed by atoms with E-state index >= 15 is 0 Å². The van der Waals surface area contributed by atoms with Crippen LogP contribution >= 0.6 is 11.9 Å². The lowest BCUT2D eigenvalue weighted by Gasteiger charge is -2.49. The Hall–Kier alpha value is -2.87. The molecule has 5 nitrogen and oxygen atoms in total. The van der Waals surface area contributed by atoms with E-state index in [-0.39, 0.29) is 11.9 Å². The Morgan fingerprint density at radius 3 is 1.91 bits per heavy atom. The van der Waals surface area contributed by atoms with E-state index in [1.807, 2.05) is 91.0 Å². The molecule has 0 aromatic heterocycles. The minimum Gasteiger partial charge on any atom is -0.403 e. The highest BCUT2D eigenvalue weighted by Gasteiger charge is 2.55. The molecule has 1 aliphatic heterocycles. The second-order valence-electron chi connectivity index (χ2n) is 8.66. The van der Waals surface area contributed by atoms with E-state index in [1.54, 1.807) is 4.31 Å². The van der Waals surface area contributed by atoms with Crippen molar-refractivity contribution in [3.05, 3.63) is 96.6 Å². The van der Waals surface area contributed by atoms with Crippen molar-refractivity contribution in [1.29, 1.82) is 0 Å². The summed E-state index contributed by atoms with van der Waals surface area (Å²) in [7, 11) is -2.06. The summed E-state index contributed by atoms with van der Waals surface area (Å²) in [6, 6.07) is 31.0. The monoisotopic (exact) mass is 504 g/mol. The first-order valence-electron chi connectivity index (χ1n) is 12.2. The van der Waals surface area contributed by atoms with E-state index in [2.05, 4.69) is 20.8 Å². The molecule has 0 bridgehead atoms. The number of rotatable bonds is 9. The van der Waals surface area contributed by atoms with Crippen LogP contribution in [0.25, 0.3) is 0 Å². The first-order valence-corrected chi connectivity index (χ1v) is 15.5. The third-order valence-electron chi connectivity index (χ3n) is 6.81. The predicted octanol–water partition coefficient (Wildman–Crippen LogP) is 7.29. The Morgan fingerprint density at radius 2 is 1.37 bits per heavy atom. The minimum atomic E-state index is -2.06. The molecular weight excluding hydrogens is 472 g/mol. The van der Waals surface area contributed by atoms with Crippen molar-refractivity contribution in [2.45, 2.75) is 55.9 Å². The molecule has 1 aliphatic rings. The van der Waals surface area contributed by atoms with Gasteiger partial charge in [0.05, 0.1) is 5.69 Å². The van der Waals surface area contributed by atoms with Gasteiger partial charge in [0.1, 0.15) is 6.04 Å². The molecule has 182 valence electrons. The van der Waals surface area contributed by atoms with Gasteiger partial charge in [-0.25, -0.2) is 9.10 Å². The molecule has 4 rings (SSSR count). The van der Waals surface area contributed by atoms with E-state index in [0.29, 0.717) is 0 Å². The highest BCUT2D eigenvalue weighted by atomic mass is 32.2. The van der Waals surface area contributed by atoms with Crippen LogP contribution in [0.15, 0.2) is 95.9 Å². The van der Waals surface area contributed by atoms with E-state index in [4.69, 9.17) is 4.43 Å². The molecule has 0 saturated carbocycles. The van der Waals surface area contributed by atoms with Crippen LogP contribution in [-0.2, 0) is 9.22 Å². The second kappa shape index (κ2) is 11.2. The van der Waals surface area contributed by atoms with Crippen molar-refractivity contribution < 1.29 is 14.0 Å². The number of anilines is 1. The molecule has 1 heterocycles. The van der Waals surface area contributed by atoms with Crippen molar-refractivity contribution in [3.8, 4) is 0 Å². The van der Waals surface area contributed by atoms with Gasteiger partial charge in [0.25, 0.3) is 5.91 Å². The molecule has 0 N–H and O–H groups in total. The maximum atomic E-state index is 14.0. The Kier molecular flexibility index (Phi) is 8.10. The first kappa shape index (κ1) is 25.2. The molecule has 1 saturated heterocycles. The SMILES string of the molecule is CC[Si](CC)(CC)OC1C(=O)N(C(=O)N(Sc2ccccc2)c2ccccc2)C1c1ccccc1. The number of carbonyl (C=O) groups is 2. The van der Waals surface area contributed by atoms with Gasteiger partial charge in [-0.2, -0.15) is 0 Å². The Bertz CT molecular complexity index is 1120. The Morgan fingerprint density at radius 1 is 0.857 bits per heavy atom. The van der Waals surface area contributed by atoms with Crippen molar-refractivity contribution >= 4 is 37.9 Å². The molecule has 0 spiro atoms. The van der Waals surface area contributed by atoms with Gasteiger partial charge in [0.15, 0.2) is 14.4 Å². The summed E-state index contributed by atoms with van der Waals surface area (Å²) in [5, 5.41) is 0. The van der Waals surface area contributed by atoms with Crippen LogP contribution in [0.4, 0.5) is 10.5 Å². The van der Waals surface area contributed by atoms with Gasteiger partial charge in [-0.1, -0.05) is 87.5 Å². The maximum absolute atomic E-state index is 14.0. The number of hydrogen-bond donors (Lipinski definition) is 0. The van der Waals surface area contributed by atoms with Crippen LogP contribution in [0.3, 0.4) is 0 Å². The Balaban J connectivity index is 1.69. The molecule has 3 amide bonds. The summed E-state index contributed by atoms with van der Waals surface area (Å²) >= 11 is 1.31. The van der Waals surface area contributed by atoms with Crippen molar-refractivity contribution in [2.75, 3.05) is 4.31 Å². The third-order valence-corrected chi connectivity index (χ3v) is 12.5. The number of carbonyl (C=O) groups excluding carboxylic acids is 2. The number of nitrogens with zero attached hydrogens (tertiary/aromatic N) is 2. The normalized spacial score (nSPS) is 17.7. The number of benzene rings is 3. The topological polar surface area (TPSA) is 49.9 Å². The zero-order chi connectivity index (χ0) is 24.8. The molecule has 1 fully saturated rings. The molecule has 3 aromatic rings. The number of hydrogen-bond acceptors (Lipinski definition) is 4. The van der Waals surface area contributed by atoms with Gasteiger partial charge in [-0.05, 0) is 59.9 Å². The van der Waals surface area contributed by atoms with Crippen molar-refractivity contribution in [3.63, 3.8) is 0 Å². The van der Waals surface area contributed by atoms with Crippen LogP contribution in [0.5, 0.6) is 0 Å². The second-order valence-corrected chi connectivity index (χ2v) is 14.4. The third kappa shape index (κ3) is 5.22. The van der Waals surface area contributed by atoms with E-state index < -0.39 is 20.5 Å². The average Bonchev–Trinajstić information content (AvgIpc) is 2.92. The molecule has 0 aliphatic carbocycles. The summed E-state index contributed by atoms with van der Waals surface area (Å²) in [6.45, 7) is 6.45. The van der Waals surface area contributed by atoms with E-state index in [1.165, 1.54) is 16.8 Å². The number of para-hydroxylation sites is 1. The molecule has 3 aromatic carbocycles. The maximum Gasteiger partial charge on any atom is 0.342 e. The molecule has 2 atom stereocenters. The zero-order valence-corrected chi connectivity index (χ0v) is 22.3. The lowest BCUT2D eigenvalue weighted by Crippen LogP contribution is -2.66. The lowest BCUT2D eigenvalue weighted by atomic mass is 9.91. The number of amides is 3. The van der Waals surface area contributed by atoms with Crippen LogP contribution in [0, 0.1) is 0 Å². The van der Waals surface area contributed by atoms with Gasteiger partial charge < -0.3 is 4.43 Å². The molecule has 2 unspecified atom stereocenters. The molecule has 7 heteroatoms. The fourth-order valence-electron chi connectivity index (χ4n) is 4.48. The summed E-state index contributed by atoms with van der Waals surface area (Å²) < 4.78 is 8.26. The molecule has 35 heavy (non-hydrogen) atoms. The first-order chi connectivity index (χ1) is 17.0. The standard InChI is InChI=1S/C28H32N2O3SSi/c1-4-35(5-2,6-3)33-26-25(22-16-10-7-11-17-22)29(27(26)31)28(32)30(23-18-12-8-13-19-23)34-24-20-14-9-15-21-24/h7-21,25-26H,4-6H2,1-3H3. The number of β-lactam (4-membered cyclic amide) rings is 1. The van der Waals surface area contributed by atoms with E-state index in [0.717, 1.165) is 34.3 Å². The van der Waals surface area contributed by atoms with Gasteiger partial charge in [0.2, 0.25) is 0 Å². The van der Waals surface area contributed by atoms with E-state index in [9.17, 15) is 9.59 Å². The summed E-state index contributed by atoms with van der Waals surface area (Å²) in [6.07, 6.45) is -0.632. The molecule has 0 radical (unpaired) electrons. The van der Waals surface area contributed by atoms with Crippen molar-refractivity contribution in [2.24, 2.45) is 0 Å². The largest absolute Gasteiger partial charge is 0.403 e. The van der Waals surface area contributed by atoms with Crippen LogP contribution in [0.2, 0.25) is 18.1 Å². The minimum absolute atomic E-state index is 0.259. The van der Waals surface area contributed by atoms with Gasteiger partial charge in [-0.15, -0.1) is 0 Å². The number of imide groups is 1. The fraction of sp³-hybridized carbons (Fsp3) is 0.286. The Labute approximate surface area is 213 Å². The fourth-order valence-corrected chi connectivity index (χ4v) is 8.14.